The molecule has 0 radical (unpaired) electrons. The minimum absolute atomic E-state index is 0.0828. The van der Waals surface area contributed by atoms with Crippen LogP contribution in [0, 0.1) is 18.3 Å². The van der Waals surface area contributed by atoms with Crippen LogP contribution in [0.5, 0.6) is 5.75 Å². The second-order valence-electron chi connectivity index (χ2n) is 5.80. The Kier molecular flexibility index (Phi) is 4.40. The number of aromatic nitrogens is 1. The molecule has 25 heavy (non-hydrogen) atoms. The summed E-state index contributed by atoms with van der Waals surface area (Å²) in [5.74, 6) is 0.661. The maximum atomic E-state index is 12.7. The van der Waals surface area contributed by atoms with Gasteiger partial charge < -0.3 is 9.30 Å². The van der Waals surface area contributed by atoms with Crippen molar-refractivity contribution in [3.8, 4) is 11.8 Å². The van der Waals surface area contributed by atoms with Crippen LogP contribution in [0.15, 0.2) is 48.5 Å². The topological polar surface area (TPSA) is 55.0 Å². The van der Waals surface area contributed by atoms with Gasteiger partial charge in [0.05, 0.1) is 7.11 Å². The summed E-state index contributed by atoms with van der Waals surface area (Å²) in [5, 5.41) is 10.9. The molecule has 1 heterocycles. The van der Waals surface area contributed by atoms with Gasteiger partial charge in [-0.2, -0.15) is 5.26 Å². The van der Waals surface area contributed by atoms with Crippen LogP contribution in [0.1, 0.15) is 27.3 Å². The average Bonchev–Trinajstić information content (AvgIpc) is 2.92. The van der Waals surface area contributed by atoms with Crippen molar-refractivity contribution in [2.45, 2.75) is 6.92 Å². The molecule has 124 valence electrons. The predicted molar refractivity (Wildman–Crippen MR) is 98.7 cm³/mol. The third-order valence-corrected chi connectivity index (χ3v) is 4.47. The number of ketones is 1. The van der Waals surface area contributed by atoms with Crippen LogP contribution in [0.4, 0.5) is 0 Å². The average molecular weight is 330 g/mol. The highest BCUT2D eigenvalue weighted by Gasteiger charge is 2.11. The molecule has 0 aliphatic heterocycles. The van der Waals surface area contributed by atoms with Crippen molar-refractivity contribution >= 4 is 22.6 Å². The lowest BCUT2D eigenvalue weighted by atomic mass is 10.00. The van der Waals surface area contributed by atoms with Crippen molar-refractivity contribution in [2.75, 3.05) is 7.11 Å². The summed E-state index contributed by atoms with van der Waals surface area (Å²) in [6, 6.07) is 15.2. The summed E-state index contributed by atoms with van der Waals surface area (Å²) in [6.45, 7) is 1.92. The Morgan fingerprint density at radius 3 is 2.56 bits per heavy atom. The molecule has 3 rings (SSSR count). The number of benzene rings is 2. The molecule has 3 aromatic rings. The number of allylic oxidation sites excluding steroid dienone is 1. The van der Waals surface area contributed by atoms with Gasteiger partial charge in [0, 0.05) is 23.7 Å². The van der Waals surface area contributed by atoms with E-state index in [9.17, 15) is 4.79 Å². The maximum absolute atomic E-state index is 12.7. The molecule has 4 heteroatoms. The fourth-order valence-electron chi connectivity index (χ4n) is 2.92. The zero-order chi connectivity index (χ0) is 18.0. The van der Waals surface area contributed by atoms with E-state index in [0.717, 1.165) is 27.8 Å². The number of carbonyl (C=O) groups excluding carboxylic acids is 1. The van der Waals surface area contributed by atoms with E-state index in [-0.39, 0.29) is 5.78 Å². The summed E-state index contributed by atoms with van der Waals surface area (Å²) >= 11 is 0. The lowest BCUT2D eigenvalue weighted by Crippen LogP contribution is -1.97. The molecule has 1 aromatic heterocycles. The normalized spacial score (nSPS) is 11.0. The van der Waals surface area contributed by atoms with E-state index < -0.39 is 0 Å². The molecule has 0 atom stereocenters. The van der Waals surface area contributed by atoms with E-state index in [1.165, 1.54) is 0 Å². The van der Waals surface area contributed by atoms with E-state index in [1.54, 1.807) is 31.4 Å². The lowest BCUT2D eigenvalue weighted by Gasteiger charge is -2.08. The Hall–Kier alpha value is -3.32. The second kappa shape index (κ2) is 6.66. The Labute approximate surface area is 146 Å². The van der Waals surface area contributed by atoms with Crippen molar-refractivity contribution in [2.24, 2.45) is 7.05 Å². The van der Waals surface area contributed by atoms with E-state index in [4.69, 9.17) is 10.00 Å². The fraction of sp³-hybridized carbons (Fsp3) is 0.143. The highest BCUT2D eigenvalue weighted by atomic mass is 16.5. The molecule has 0 aliphatic rings. The van der Waals surface area contributed by atoms with E-state index in [1.807, 2.05) is 48.9 Å². The SMILES string of the molecule is COc1ccc(C(=O)/C=C/c2cc(C#N)n(C)c2C)c2ccccc12. The van der Waals surface area contributed by atoms with E-state index >= 15 is 0 Å². The van der Waals surface area contributed by atoms with E-state index in [0.29, 0.717) is 11.3 Å². The van der Waals surface area contributed by atoms with E-state index in [2.05, 4.69) is 6.07 Å². The van der Waals surface area contributed by atoms with Crippen LogP contribution >= 0.6 is 0 Å². The minimum atomic E-state index is -0.0828. The molecule has 0 bridgehead atoms. The van der Waals surface area contributed by atoms with Gasteiger partial charge in [0.25, 0.3) is 0 Å². The van der Waals surface area contributed by atoms with Crippen molar-refractivity contribution < 1.29 is 9.53 Å². The Morgan fingerprint density at radius 1 is 1.20 bits per heavy atom. The predicted octanol–water partition coefficient (Wildman–Crippen LogP) is 4.26. The smallest absolute Gasteiger partial charge is 0.186 e. The van der Waals surface area contributed by atoms with Crippen LogP contribution in [0.3, 0.4) is 0 Å². The zero-order valence-electron chi connectivity index (χ0n) is 14.4. The van der Waals surface area contributed by atoms with Gasteiger partial charge in [0.15, 0.2) is 5.78 Å². The molecular formula is C21H18N2O2. The Balaban J connectivity index is 2.00. The quantitative estimate of drug-likeness (QED) is 0.530. The van der Waals surface area contributed by atoms with Crippen molar-refractivity contribution in [1.82, 2.24) is 4.57 Å². The highest BCUT2D eigenvalue weighted by molar-refractivity contribution is 6.15. The van der Waals surface area contributed by atoms with Gasteiger partial charge in [-0.1, -0.05) is 24.3 Å². The third-order valence-electron chi connectivity index (χ3n) is 4.47. The minimum Gasteiger partial charge on any atom is -0.496 e. The van der Waals surface area contributed by atoms with Crippen molar-refractivity contribution in [3.63, 3.8) is 0 Å². The van der Waals surface area contributed by atoms with Crippen LogP contribution in [-0.2, 0) is 7.05 Å². The zero-order valence-corrected chi connectivity index (χ0v) is 14.4. The standard InChI is InChI=1S/C21H18N2O2/c1-14-15(12-16(13-22)23(14)2)8-10-20(24)18-9-11-21(25-3)19-7-5-4-6-17(18)19/h4-12H,1-3H3/b10-8+. The number of nitrogens with zero attached hydrogens (tertiary/aromatic N) is 2. The first kappa shape index (κ1) is 16.5. The number of fused-ring (bicyclic) bond motifs is 1. The van der Waals surface area contributed by atoms with Crippen molar-refractivity contribution in [3.05, 3.63) is 71.1 Å². The van der Waals surface area contributed by atoms with Gasteiger partial charge in [-0.3, -0.25) is 4.79 Å². The summed E-state index contributed by atoms with van der Waals surface area (Å²) in [7, 11) is 3.46. The maximum Gasteiger partial charge on any atom is 0.186 e. The molecular weight excluding hydrogens is 312 g/mol. The molecule has 0 amide bonds. The fourth-order valence-corrected chi connectivity index (χ4v) is 2.92. The number of nitriles is 1. The number of methoxy groups -OCH3 is 1. The van der Waals surface area contributed by atoms with Gasteiger partial charge in [-0.05, 0) is 48.2 Å². The molecule has 0 aliphatic carbocycles. The largest absolute Gasteiger partial charge is 0.496 e. The highest BCUT2D eigenvalue weighted by Crippen LogP contribution is 2.29. The van der Waals surface area contributed by atoms with Gasteiger partial charge in [-0.15, -0.1) is 0 Å². The molecule has 0 fully saturated rings. The van der Waals surface area contributed by atoms with Gasteiger partial charge in [0.2, 0.25) is 0 Å². The lowest BCUT2D eigenvalue weighted by molar-refractivity contribution is 0.104. The Bertz CT molecular complexity index is 1040. The van der Waals surface area contributed by atoms with Gasteiger partial charge >= 0.3 is 0 Å². The van der Waals surface area contributed by atoms with Crippen LogP contribution in [0.25, 0.3) is 16.8 Å². The monoisotopic (exact) mass is 330 g/mol. The van der Waals surface area contributed by atoms with Gasteiger partial charge in [-0.25, -0.2) is 0 Å². The number of hydrogen-bond donors (Lipinski definition) is 0. The van der Waals surface area contributed by atoms with Gasteiger partial charge in [0.1, 0.15) is 17.5 Å². The number of carbonyl (C=O) groups is 1. The Morgan fingerprint density at radius 2 is 1.92 bits per heavy atom. The van der Waals surface area contributed by atoms with Crippen LogP contribution in [-0.4, -0.2) is 17.5 Å². The molecule has 4 nitrogen and oxygen atoms in total. The molecule has 0 saturated carbocycles. The molecule has 0 unspecified atom stereocenters. The summed E-state index contributed by atoms with van der Waals surface area (Å²) in [6.07, 6.45) is 3.31. The van der Waals surface area contributed by atoms with Crippen molar-refractivity contribution in [1.29, 1.82) is 5.26 Å². The first-order chi connectivity index (χ1) is 12.1. The first-order valence-corrected chi connectivity index (χ1v) is 7.91. The number of hydrogen-bond acceptors (Lipinski definition) is 3. The summed E-state index contributed by atoms with van der Waals surface area (Å²) in [5.41, 5.74) is 3.01. The number of rotatable bonds is 4. The molecule has 0 spiro atoms. The van der Waals surface area contributed by atoms with Crippen LogP contribution in [0.2, 0.25) is 0 Å². The first-order valence-electron chi connectivity index (χ1n) is 7.91. The summed E-state index contributed by atoms with van der Waals surface area (Å²) < 4.78 is 7.19. The molecule has 2 aromatic carbocycles. The number of ether oxygens (including phenoxy) is 1. The molecule has 0 saturated heterocycles. The third kappa shape index (κ3) is 2.92. The van der Waals surface area contributed by atoms with Crippen LogP contribution < -0.4 is 4.74 Å². The second-order valence-corrected chi connectivity index (χ2v) is 5.80. The summed E-state index contributed by atoms with van der Waals surface area (Å²) in [4.78, 5) is 12.7. The molecule has 0 N–H and O–H groups in total.